The van der Waals surface area contributed by atoms with Crippen LogP contribution in [0.4, 0.5) is 4.39 Å². The second-order valence-corrected chi connectivity index (χ2v) is 4.50. The summed E-state index contributed by atoms with van der Waals surface area (Å²) in [4.78, 5) is 0. The van der Waals surface area contributed by atoms with E-state index >= 15 is 0 Å². The predicted molar refractivity (Wildman–Crippen MR) is 63.6 cm³/mol. The molecule has 0 amide bonds. The summed E-state index contributed by atoms with van der Waals surface area (Å²) in [5.74, 6) is -0.232. The molecule has 1 rings (SSSR count). The summed E-state index contributed by atoms with van der Waals surface area (Å²) in [6, 6.07) is 6.33. The highest BCUT2D eigenvalue weighted by Crippen LogP contribution is 2.24. The molecule has 0 radical (unpaired) electrons. The van der Waals surface area contributed by atoms with Gasteiger partial charge in [0, 0.05) is 6.42 Å². The van der Waals surface area contributed by atoms with Gasteiger partial charge in [-0.2, -0.15) is 0 Å². The molecule has 0 bridgehead atoms. The fourth-order valence-electron chi connectivity index (χ4n) is 2.06. The number of aliphatic hydroxyl groups is 1. The summed E-state index contributed by atoms with van der Waals surface area (Å²) in [6.07, 6.45) is 1.25. The molecule has 0 aliphatic carbocycles. The SMILES string of the molecule is CCC(CN)C(C)(O)Cc1cccc(F)c1. The number of nitrogens with two attached hydrogens (primary N) is 1. The average molecular weight is 225 g/mol. The zero-order valence-corrected chi connectivity index (χ0v) is 9.91. The molecule has 3 heteroatoms. The van der Waals surface area contributed by atoms with Crippen LogP contribution < -0.4 is 5.73 Å². The molecular weight excluding hydrogens is 205 g/mol. The summed E-state index contributed by atoms with van der Waals surface area (Å²) in [7, 11) is 0. The Labute approximate surface area is 96.3 Å². The number of rotatable bonds is 5. The van der Waals surface area contributed by atoms with Gasteiger partial charge in [-0.1, -0.05) is 19.1 Å². The fraction of sp³-hybridized carbons (Fsp3) is 0.538. The van der Waals surface area contributed by atoms with Crippen LogP contribution in [0.15, 0.2) is 24.3 Å². The lowest BCUT2D eigenvalue weighted by atomic mass is 9.82. The van der Waals surface area contributed by atoms with Crippen LogP contribution in [0.5, 0.6) is 0 Å². The van der Waals surface area contributed by atoms with Crippen LogP contribution >= 0.6 is 0 Å². The van der Waals surface area contributed by atoms with E-state index in [4.69, 9.17) is 5.73 Å². The van der Waals surface area contributed by atoms with Crippen molar-refractivity contribution in [1.29, 1.82) is 0 Å². The largest absolute Gasteiger partial charge is 0.389 e. The Morgan fingerprint density at radius 1 is 1.50 bits per heavy atom. The van der Waals surface area contributed by atoms with Gasteiger partial charge in [0.1, 0.15) is 5.82 Å². The van der Waals surface area contributed by atoms with Gasteiger partial charge in [0.15, 0.2) is 0 Å². The maximum atomic E-state index is 13.0. The van der Waals surface area contributed by atoms with Gasteiger partial charge in [-0.3, -0.25) is 0 Å². The van der Waals surface area contributed by atoms with Crippen LogP contribution in [-0.4, -0.2) is 17.3 Å². The standard InChI is InChI=1S/C13H20FNO/c1-3-11(9-15)13(2,16)8-10-5-4-6-12(14)7-10/h4-7,11,16H,3,8-9,15H2,1-2H3. The smallest absolute Gasteiger partial charge is 0.123 e. The molecule has 0 saturated carbocycles. The molecule has 0 spiro atoms. The molecule has 1 aromatic carbocycles. The lowest BCUT2D eigenvalue weighted by molar-refractivity contribution is 0.00119. The van der Waals surface area contributed by atoms with E-state index < -0.39 is 5.60 Å². The molecule has 2 nitrogen and oxygen atoms in total. The maximum absolute atomic E-state index is 13.0. The van der Waals surface area contributed by atoms with Crippen LogP contribution in [0.25, 0.3) is 0 Å². The van der Waals surface area contributed by atoms with Crippen molar-refractivity contribution in [1.82, 2.24) is 0 Å². The van der Waals surface area contributed by atoms with Crippen LogP contribution in [0.2, 0.25) is 0 Å². The summed E-state index contributed by atoms with van der Waals surface area (Å²) >= 11 is 0. The highest BCUT2D eigenvalue weighted by molar-refractivity contribution is 5.18. The Balaban J connectivity index is 2.79. The van der Waals surface area contributed by atoms with Crippen LogP contribution in [0.3, 0.4) is 0 Å². The minimum Gasteiger partial charge on any atom is -0.389 e. The number of hydrogen-bond donors (Lipinski definition) is 2. The van der Waals surface area contributed by atoms with Gasteiger partial charge >= 0.3 is 0 Å². The van der Waals surface area contributed by atoms with Crippen LogP contribution in [0, 0.1) is 11.7 Å². The molecule has 2 atom stereocenters. The van der Waals surface area contributed by atoms with Crippen molar-refractivity contribution in [2.45, 2.75) is 32.3 Å². The van der Waals surface area contributed by atoms with E-state index in [0.717, 1.165) is 12.0 Å². The molecule has 1 aromatic rings. The molecular formula is C13H20FNO. The molecule has 16 heavy (non-hydrogen) atoms. The minimum absolute atomic E-state index is 0.0377. The van der Waals surface area contributed by atoms with Gasteiger partial charge in [-0.25, -0.2) is 4.39 Å². The zero-order valence-electron chi connectivity index (χ0n) is 9.91. The molecule has 0 aliphatic heterocycles. The molecule has 3 N–H and O–H groups in total. The van der Waals surface area contributed by atoms with E-state index in [1.165, 1.54) is 12.1 Å². The molecule has 0 saturated heterocycles. The lowest BCUT2D eigenvalue weighted by Gasteiger charge is -2.31. The molecule has 0 heterocycles. The monoisotopic (exact) mass is 225 g/mol. The summed E-state index contributed by atoms with van der Waals surface area (Å²) in [5.41, 5.74) is 5.54. The molecule has 0 aliphatic rings. The minimum atomic E-state index is -0.878. The van der Waals surface area contributed by atoms with Crippen LogP contribution in [-0.2, 0) is 6.42 Å². The highest BCUT2D eigenvalue weighted by atomic mass is 19.1. The van der Waals surface area contributed by atoms with E-state index in [-0.39, 0.29) is 11.7 Å². The lowest BCUT2D eigenvalue weighted by Crippen LogP contribution is -2.40. The number of halogens is 1. The van der Waals surface area contributed by atoms with E-state index in [9.17, 15) is 9.50 Å². The third-order valence-corrected chi connectivity index (χ3v) is 3.11. The number of hydrogen-bond acceptors (Lipinski definition) is 2. The van der Waals surface area contributed by atoms with Crippen molar-refractivity contribution < 1.29 is 9.50 Å². The molecule has 90 valence electrons. The van der Waals surface area contributed by atoms with Crippen LogP contribution in [0.1, 0.15) is 25.8 Å². The van der Waals surface area contributed by atoms with Gasteiger partial charge in [0.05, 0.1) is 5.60 Å². The Morgan fingerprint density at radius 3 is 2.69 bits per heavy atom. The molecule has 2 unspecified atom stereocenters. The highest BCUT2D eigenvalue weighted by Gasteiger charge is 2.29. The van der Waals surface area contributed by atoms with Gasteiger partial charge in [-0.05, 0) is 43.5 Å². The third-order valence-electron chi connectivity index (χ3n) is 3.11. The first kappa shape index (κ1) is 13.1. The topological polar surface area (TPSA) is 46.2 Å². The first-order chi connectivity index (χ1) is 7.49. The average Bonchev–Trinajstić information content (AvgIpc) is 2.18. The van der Waals surface area contributed by atoms with E-state index in [1.54, 1.807) is 13.0 Å². The second kappa shape index (κ2) is 5.41. The van der Waals surface area contributed by atoms with E-state index in [1.807, 2.05) is 13.0 Å². The van der Waals surface area contributed by atoms with Crippen molar-refractivity contribution in [3.8, 4) is 0 Å². The maximum Gasteiger partial charge on any atom is 0.123 e. The normalized spacial score (nSPS) is 16.8. The first-order valence-electron chi connectivity index (χ1n) is 5.66. The fourth-order valence-corrected chi connectivity index (χ4v) is 2.06. The van der Waals surface area contributed by atoms with Gasteiger partial charge < -0.3 is 10.8 Å². The first-order valence-corrected chi connectivity index (χ1v) is 5.66. The second-order valence-electron chi connectivity index (χ2n) is 4.50. The Kier molecular flexibility index (Phi) is 4.44. The van der Waals surface area contributed by atoms with Gasteiger partial charge in [0.25, 0.3) is 0 Å². The molecule has 0 fully saturated rings. The van der Waals surface area contributed by atoms with Gasteiger partial charge in [0.2, 0.25) is 0 Å². The summed E-state index contributed by atoms with van der Waals surface area (Å²) in [6.45, 7) is 4.20. The quantitative estimate of drug-likeness (QED) is 0.806. The van der Waals surface area contributed by atoms with Crippen molar-refractivity contribution in [3.05, 3.63) is 35.6 Å². The third kappa shape index (κ3) is 3.29. The Hall–Kier alpha value is -0.930. The number of benzene rings is 1. The Morgan fingerprint density at radius 2 is 2.19 bits per heavy atom. The van der Waals surface area contributed by atoms with Gasteiger partial charge in [-0.15, -0.1) is 0 Å². The zero-order chi connectivity index (χ0) is 12.2. The van der Waals surface area contributed by atoms with E-state index in [2.05, 4.69) is 0 Å². The van der Waals surface area contributed by atoms with E-state index in [0.29, 0.717) is 13.0 Å². The Bertz CT molecular complexity index is 334. The summed E-state index contributed by atoms with van der Waals surface area (Å²) < 4.78 is 13.0. The predicted octanol–water partition coefficient (Wildman–Crippen LogP) is 2.10. The summed E-state index contributed by atoms with van der Waals surface area (Å²) in [5, 5.41) is 10.3. The molecule has 0 aromatic heterocycles. The van der Waals surface area contributed by atoms with Crippen molar-refractivity contribution in [2.24, 2.45) is 11.7 Å². The van der Waals surface area contributed by atoms with Crippen molar-refractivity contribution >= 4 is 0 Å². The van der Waals surface area contributed by atoms with Crippen molar-refractivity contribution in [2.75, 3.05) is 6.54 Å². The van der Waals surface area contributed by atoms with Crippen molar-refractivity contribution in [3.63, 3.8) is 0 Å².